The molecule has 112 valence electrons. The lowest BCUT2D eigenvalue weighted by atomic mass is 10.1. The molecule has 7 nitrogen and oxygen atoms in total. The maximum absolute atomic E-state index is 12.1. The number of anilines is 1. The van der Waals surface area contributed by atoms with Crippen molar-refractivity contribution in [2.24, 2.45) is 13.0 Å². The molecule has 1 aliphatic heterocycles. The number of pyridine rings is 1. The Morgan fingerprint density at radius 3 is 2.90 bits per heavy atom. The SMILES string of the molecule is Cc1nn(C)c2ncc(NC(=O)C3CCS(=O)(=O)C3)cc12. The molecule has 2 aromatic rings. The summed E-state index contributed by atoms with van der Waals surface area (Å²) < 4.78 is 24.5. The van der Waals surface area contributed by atoms with Crippen molar-refractivity contribution in [3.8, 4) is 0 Å². The van der Waals surface area contributed by atoms with E-state index in [0.717, 1.165) is 16.7 Å². The molecular formula is C13H16N4O3S. The van der Waals surface area contributed by atoms with Crippen molar-refractivity contribution < 1.29 is 13.2 Å². The summed E-state index contributed by atoms with van der Waals surface area (Å²) in [6.45, 7) is 1.87. The number of sulfone groups is 1. The van der Waals surface area contributed by atoms with E-state index in [1.165, 1.54) is 0 Å². The molecule has 0 bridgehead atoms. The quantitative estimate of drug-likeness (QED) is 0.879. The number of amides is 1. The van der Waals surface area contributed by atoms with Gasteiger partial charge in [0.05, 0.1) is 35.0 Å². The second kappa shape index (κ2) is 4.80. The van der Waals surface area contributed by atoms with E-state index in [9.17, 15) is 13.2 Å². The number of hydrogen-bond donors (Lipinski definition) is 1. The summed E-state index contributed by atoms with van der Waals surface area (Å²) in [6, 6.07) is 1.81. The van der Waals surface area contributed by atoms with Gasteiger partial charge in [-0.25, -0.2) is 13.4 Å². The number of hydrogen-bond acceptors (Lipinski definition) is 5. The average molecular weight is 308 g/mol. The largest absolute Gasteiger partial charge is 0.324 e. The van der Waals surface area contributed by atoms with Crippen LogP contribution in [-0.2, 0) is 21.7 Å². The van der Waals surface area contributed by atoms with Crippen molar-refractivity contribution >= 4 is 32.5 Å². The Morgan fingerprint density at radius 2 is 2.24 bits per heavy atom. The topological polar surface area (TPSA) is 93.9 Å². The summed E-state index contributed by atoms with van der Waals surface area (Å²) in [6.07, 6.45) is 1.95. The van der Waals surface area contributed by atoms with Crippen molar-refractivity contribution in [1.29, 1.82) is 0 Å². The lowest BCUT2D eigenvalue weighted by Crippen LogP contribution is -2.23. The number of fused-ring (bicyclic) bond motifs is 1. The van der Waals surface area contributed by atoms with Crippen LogP contribution in [-0.4, -0.2) is 40.6 Å². The molecule has 1 atom stereocenters. The van der Waals surface area contributed by atoms with Crippen LogP contribution in [0.15, 0.2) is 12.3 Å². The fourth-order valence-electron chi connectivity index (χ4n) is 2.62. The Bertz CT molecular complexity index is 825. The number of carbonyl (C=O) groups is 1. The summed E-state index contributed by atoms with van der Waals surface area (Å²) in [5.41, 5.74) is 2.14. The summed E-state index contributed by atoms with van der Waals surface area (Å²) in [5.74, 6) is -0.718. The molecule has 1 N–H and O–H groups in total. The van der Waals surface area contributed by atoms with Gasteiger partial charge in [0.2, 0.25) is 5.91 Å². The first-order chi connectivity index (χ1) is 9.85. The molecule has 1 amide bonds. The van der Waals surface area contributed by atoms with Gasteiger partial charge in [0.15, 0.2) is 15.5 Å². The van der Waals surface area contributed by atoms with Gasteiger partial charge in [0.1, 0.15) is 0 Å². The first kappa shape index (κ1) is 14.0. The van der Waals surface area contributed by atoms with Crippen LogP contribution in [0.3, 0.4) is 0 Å². The van der Waals surface area contributed by atoms with E-state index in [1.54, 1.807) is 10.9 Å². The molecule has 0 spiro atoms. The number of nitrogens with zero attached hydrogens (tertiary/aromatic N) is 3. The normalized spacial score (nSPS) is 20.8. The molecule has 3 heterocycles. The molecular weight excluding hydrogens is 292 g/mol. The highest BCUT2D eigenvalue weighted by Gasteiger charge is 2.33. The van der Waals surface area contributed by atoms with Crippen LogP contribution >= 0.6 is 0 Å². The van der Waals surface area contributed by atoms with Crippen LogP contribution in [0.1, 0.15) is 12.1 Å². The lowest BCUT2D eigenvalue weighted by molar-refractivity contribution is -0.119. The van der Waals surface area contributed by atoms with E-state index < -0.39 is 15.8 Å². The Morgan fingerprint density at radius 1 is 1.48 bits per heavy atom. The molecule has 0 aromatic carbocycles. The van der Waals surface area contributed by atoms with Gasteiger partial charge in [-0.1, -0.05) is 0 Å². The van der Waals surface area contributed by atoms with Crippen LogP contribution in [0, 0.1) is 12.8 Å². The van der Waals surface area contributed by atoms with Crippen LogP contribution < -0.4 is 5.32 Å². The van der Waals surface area contributed by atoms with Crippen LogP contribution in [0.2, 0.25) is 0 Å². The predicted molar refractivity (Wildman–Crippen MR) is 78.6 cm³/mol. The highest BCUT2D eigenvalue weighted by molar-refractivity contribution is 7.91. The van der Waals surface area contributed by atoms with Gasteiger partial charge >= 0.3 is 0 Å². The van der Waals surface area contributed by atoms with Crippen LogP contribution in [0.25, 0.3) is 11.0 Å². The fourth-order valence-corrected chi connectivity index (χ4v) is 4.36. The zero-order chi connectivity index (χ0) is 15.2. The summed E-state index contributed by atoms with van der Waals surface area (Å²) >= 11 is 0. The molecule has 1 unspecified atom stereocenters. The highest BCUT2D eigenvalue weighted by Crippen LogP contribution is 2.22. The minimum atomic E-state index is -3.06. The molecule has 1 fully saturated rings. The van der Waals surface area contributed by atoms with Crippen molar-refractivity contribution in [2.75, 3.05) is 16.8 Å². The monoisotopic (exact) mass is 308 g/mol. The molecule has 1 aliphatic rings. The van der Waals surface area contributed by atoms with E-state index in [4.69, 9.17) is 0 Å². The smallest absolute Gasteiger partial charge is 0.228 e. The standard InChI is InChI=1S/C13H16N4O3S/c1-8-11-5-10(6-14-12(11)17(2)16-8)15-13(18)9-3-4-21(19,20)7-9/h5-6,9H,3-4,7H2,1-2H3,(H,15,18). The second-order valence-corrected chi connectivity index (χ2v) is 7.62. The van der Waals surface area contributed by atoms with Crippen molar-refractivity contribution in [3.63, 3.8) is 0 Å². The van der Waals surface area contributed by atoms with Crippen LogP contribution in [0.5, 0.6) is 0 Å². The summed E-state index contributed by atoms with van der Waals surface area (Å²) in [5, 5.41) is 7.89. The van der Waals surface area contributed by atoms with Gasteiger partial charge in [-0.15, -0.1) is 0 Å². The molecule has 3 rings (SSSR count). The third-order valence-electron chi connectivity index (χ3n) is 3.73. The average Bonchev–Trinajstić information content (AvgIpc) is 2.91. The van der Waals surface area contributed by atoms with Crippen molar-refractivity contribution in [3.05, 3.63) is 18.0 Å². The maximum atomic E-state index is 12.1. The summed E-state index contributed by atoms with van der Waals surface area (Å²) in [7, 11) is -1.25. The predicted octanol–water partition coefficient (Wildman–Crippen LogP) is 0.650. The summed E-state index contributed by atoms with van der Waals surface area (Å²) in [4.78, 5) is 16.4. The van der Waals surface area contributed by atoms with E-state index in [1.807, 2.05) is 20.0 Å². The molecule has 0 aliphatic carbocycles. The number of carbonyl (C=O) groups excluding carboxylic acids is 1. The Kier molecular flexibility index (Phi) is 3.20. The minimum absolute atomic E-state index is 0.0690. The first-order valence-electron chi connectivity index (χ1n) is 6.66. The first-order valence-corrected chi connectivity index (χ1v) is 8.48. The van der Waals surface area contributed by atoms with E-state index in [-0.39, 0.29) is 17.4 Å². The number of rotatable bonds is 2. The lowest BCUT2D eigenvalue weighted by Gasteiger charge is -2.09. The zero-order valence-corrected chi connectivity index (χ0v) is 12.6. The van der Waals surface area contributed by atoms with Crippen LogP contribution in [0.4, 0.5) is 5.69 Å². The van der Waals surface area contributed by atoms with Gasteiger partial charge in [-0.3, -0.25) is 9.48 Å². The Labute approximate surface area is 122 Å². The van der Waals surface area contributed by atoms with Gasteiger partial charge in [0, 0.05) is 12.4 Å². The second-order valence-electron chi connectivity index (χ2n) is 5.39. The zero-order valence-electron chi connectivity index (χ0n) is 11.8. The Balaban J connectivity index is 1.82. The van der Waals surface area contributed by atoms with E-state index in [0.29, 0.717) is 12.1 Å². The number of nitrogens with one attached hydrogen (secondary N) is 1. The Hall–Kier alpha value is -1.96. The third-order valence-corrected chi connectivity index (χ3v) is 5.50. The van der Waals surface area contributed by atoms with E-state index >= 15 is 0 Å². The molecule has 8 heteroatoms. The molecule has 1 saturated heterocycles. The minimum Gasteiger partial charge on any atom is -0.324 e. The third kappa shape index (κ3) is 2.63. The van der Waals surface area contributed by atoms with Crippen molar-refractivity contribution in [2.45, 2.75) is 13.3 Å². The molecule has 0 radical (unpaired) electrons. The van der Waals surface area contributed by atoms with Crippen molar-refractivity contribution in [1.82, 2.24) is 14.8 Å². The van der Waals surface area contributed by atoms with Gasteiger partial charge in [-0.2, -0.15) is 5.10 Å². The number of aromatic nitrogens is 3. The van der Waals surface area contributed by atoms with Gasteiger partial charge < -0.3 is 5.32 Å². The highest BCUT2D eigenvalue weighted by atomic mass is 32.2. The maximum Gasteiger partial charge on any atom is 0.228 e. The van der Waals surface area contributed by atoms with E-state index in [2.05, 4.69) is 15.4 Å². The molecule has 2 aromatic heterocycles. The van der Waals surface area contributed by atoms with Gasteiger partial charge in [0.25, 0.3) is 0 Å². The molecule has 0 saturated carbocycles. The molecule has 21 heavy (non-hydrogen) atoms. The number of aryl methyl sites for hydroxylation is 2. The fraction of sp³-hybridized carbons (Fsp3) is 0.462. The van der Waals surface area contributed by atoms with Gasteiger partial charge in [-0.05, 0) is 19.4 Å².